The highest BCUT2D eigenvalue weighted by Crippen LogP contribution is 2.57. The summed E-state index contributed by atoms with van der Waals surface area (Å²) < 4.78 is 6.54. The van der Waals surface area contributed by atoms with Gasteiger partial charge < -0.3 is 15.5 Å². The van der Waals surface area contributed by atoms with Gasteiger partial charge in [-0.2, -0.15) is 0 Å². The number of hydrogen-bond acceptors (Lipinski definition) is 3. The molecule has 0 spiro atoms. The number of amides is 1. The van der Waals surface area contributed by atoms with E-state index < -0.39 is 5.91 Å². The predicted octanol–water partition coefficient (Wildman–Crippen LogP) is 4.04. The molecule has 1 heterocycles. The molecule has 26 heavy (non-hydrogen) atoms. The zero-order valence-electron chi connectivity index (χ0n) is 15.6. The van der Waals surface area contributed by atoms with Gasteiger partial charge in [0.15, 0.2) is 5.69 Å². The minimum Gasteiger partial charge on any atom is -0.369 e. The smallest absolute Gasteiger partial charge is 0.269 e. The molecule has 5 aliphatic carbocycles. The van der Waals surface area contributed by atoms with Gasteiger partial charge in [0.25, 0.3) is 5.91 Å². The topological polar surface area (TPSA) is 81.0 Å². The summed E-state index contributed by atoms with van der Waals surface area (Å²) in [6.45, 7) is 0.449. The number of carbonyl (C=O) groups is 1. The first-order chi connectivity index (χ1) is 12.6. The largest absolute Gasteiger partial charge is 0.369 e. The van der Waals surface area contributed by atoms with Crippen LogP contribution in [0.1, 0.15) is 98.6 Å². The quantitative estimate of drug-likeness (QED) is 0.834. The van der Waals surface area contributed by atoms with E-state index in [-0.39, 0.29) is 5.60 Å². The van der Waals surface area contributed by atoms with E-state index in [9.17, 15) is 4.79 Å². The Kier molecular flexibility index (Phi) is 4.11. The fraction of sp³-hybridized carbons (Fsp3) is 0.810. The van der Waals surface area contributed by atoms with Gasteiger partial charge in [-0.05, 0) is 69.1 Å². The van der Waals surface area contributed by atoms with Crippen LogP contribution in [-0.4, -0.2) is 21.5 Å². The van der Waals surface area contributed by atoms with Crippen molar-refractivity contribution in [2.24, 2.45) is 23.5 Å². The molecule has 6 rings (SSSR count). The molecular weight excluding hydrogens is 326 g/mol. The van der Waals surface area contributed by atoms with Crippen LogP contribution in [0.5, 0.6) is 0 Å². The molecule has 0 radical (unpaired) electrons. The van der Waals surface area contributed by atoms with Crippen LogP contribution in [0, 0.1) is 17.8 Å². The number of hydrogen-bond donors (Lipinski definition) is 2. The Morgan fingerprint density at radius 1 is 1.08 bits per heavy atom. The molecule has 5 aliphatic rings. The lowest BCUT2D eigenvalue weighted by atomic mass is 9.54. The highest BCUT2D eigenvalue weighted by atomic mass is 16.5. The van der Waals surface area contributed by atoms with E-state index in [0.29, 0.717) is 18.2 Å². The number of aromatic amines is 1. The summed E-state index contributed by atoms with van der Waals surface area (Å²) >= 11 is 0. The Morgan fingerprint density at radius 2 is 1.69 bits per heavy atom. The van der Waals surface area contributed by atoms with Gasteiger partial charge in [-0.3, -0.25) is 4.79 Å². The van der Waals surface area contributed by atoms with E-state index in [4.69, 9.17) is 10.5 Å². The van der Waals surface area contributed by atoms with Gasteiger partial charge in [-0.15, -0.1) is 0 Å². The van der Waals surface area contributed by atoms with Crippen LogP contribution in [0.25, 0.3) is 0 Å². The molecule has 1 aromatic rings. The summed E-state index contributed by atoms with van der Waals surface area (Å²) in [5.41, 5.74) is 6.86. The molecule has 5 fully saturated rings. The van der Waals surface area contributed by atoms with Crippen molar-refractivity contribution in [1.82, 2.24) is 9.97 Å². The molecule has 0 aliphatic heterocycles. The van der Waals surface area contributed by atoms with Crippen LogP contribution < -0.4 is 5.73 Å². The molecule has 4 bridgehead atoms. The fourth-order valence-corrected chi connectivity index (χ4v) is 6.74. The van der Waals surface area contributed by atoms with Crippen LogP contribution >= 0.6 is 0 Å². The van der Waals surface area contributed by atoms with Crippen molar-refractivity contribution < 1.29 is 9.53 Å². The van der Waals surface area contributed by atoms with Crippen molar-refractivity contribution in [1.29, 1.82) is 0 Å². The highest BCUT2D eigenvalue weighted by Gasteiger charge is 2.51. The third-order valence-corrected chi connectivity index (χ3v) is 7.53. The summed E-state index contributed by atoms with van der Waals surface area (Å²) in [5.74, 6) is 3.52. The second-order valence-electron chi connectivity index (χ2n) is 9.54. The molecule has 0 saturated heterocycles. The number of nitrogens with two attached hydrogens (primary N) is 1. The van der Waals surface area contributed by atoms with Crippen molar-refractivity contribution >= 4 is 5.91 Å². The van der Waals surface area contributed by atoms with Crippen molar-refractivity contribution in [2.45, 2.75) is 88.8 Å². The van der Waals surface area contributed by atoms with Gasteiger partial charge >= 0.3 is 0 Å². The van der Waals surface area contributed by atoms with E-state index in [0.717, 1.165) is 42.1 Å². The first-order valence-electron chi connectivity index (χ1n) is 10.6. The molecule has 142 valence electrons. The molecule has 5 nitrogen and oxygen atoms in total. The number of H-pyrrole nitrogens is 1. The first-order valence-corrected chi connectivity index (χ1v) is 10.6. The average Bonchev–Trinajstić information content (AvgIpc) is 3.04. The fourth-order valence-electron chi connectivity index (χ4n) is 6.74. The summed E-state index contributed by atoms with van der Waals surface area (Å²) in [4.78, 5) is 19.9. The monoisotopic (exact) mass is 357 g/mol. The lowest BCUT2D eigenvalue weighted by molar-refractivity contribution is -0.169. The lowest BCUT2D eigenvalue weighted by Crippen LogP contribution is -2.51. The van der Waals surface area contributed by atoms with Crippen LogP contribution in [0.4, 0.5) is 0 Å². The van der Waals surface area contributed by atoms with Crippen LogP contribution in [0.2, 0.25) is 0 Å². The second kappa shape index (κ2) is 6.36. The van der Waals surface area contributed by atoms with Gasteiger partial charge in [0, 0.05) is 5.92 Å². The zero-order chi connectivity index (χ0) is 17.7. The molecule has 5 heteroatoms. The number of ether oxygens (including phenoxy) is 1. The number of nitrogens with one attached hydrogen (secondary N) is 1. The maximum absolute atomic E-state index is 11.9. The molecule has 5 saturated carbocycles. The number of imidazole rings is 1. The number of aromatic nitrogens is 2. The van der Waals surface area contributed by atoms with E-state index >= 15 is 0 Å². The Morgan fingerprint density at radius 3 is 2.27 bits per heavy atom. The SMILES string of the molecule is NC(=O)c1nc(C2CCCCC2)[nH]c1COC12CC3CC(CC(C3)C1)C2. The molecule has 0 unspecified atom stereocenters. The summed E-state index contributed by atoms with van der Waals surface area (Å²) in [6.07, 6.45) is 13.9. The van der Waals surface area contributed by atoms with Crippen molar-refractivity contribution in [3.8, 4) is 0 Å². The molecule has 1 amide bonds. The average molecular weight is 357 g/mol. The van der Waals surface area contributed by atoms with Gasteiger partial charge in [-0.1, -0.05) is 19.3 Å². The minimum absolute atomic E-state index is 0.0414. The van der Waals surface area contributed by atoms with Gasteiger partial charge in [-0.25, -0.2) is 4.98 Å². The van der Waals surface area contributed by atoms with E-state index in [1.54, 1.807) is 0 Å². The van der Waals surface area contributed by atoms with E-state index in [1.807, 2.05) is 0 Å². The minimum atomic E-state index is -0.438. The van der Waals surface area contributed by atoms with Crippen molar-refractivity contribution in [3.05, 3.63) is 17.2 Å². The lowest BCUT2D eigenvalue weighted by Gasteiger charge is -2.56. The third kappa shape index (κ3) is 2.98. The van der Waals surface area contributed by atoms with Crippen molar-refractivity contribution in [2.75, 3.05) is 0 Å². The maximum Gasteiger partial charge on any atom is 0.269 e. The molecule has 3 N–H and O–H groups in total. The normalized spacial score (nSPS) is 36.5. The second-order valence-corrected chi connectivity index (χ2v) is 9.54. The third-order valence-electron chi connectivity index (χ3n) is 7.53. The number of primary amides is 1. The number of carbonyl (C=O) groups excluding carboxylic acids is 1. The van der Waals surface area contributed by atoms with E-state index in [1.165, 1.54) is 57.8 Å². The maximum atomic E-state index is 11.9. The number of nitrogens with zero attached hydrogens (tertiary/aromatic N) is 1. The van der Waals surface area contributed by atoms with Gasteiger partial charge in [0.2, 0.25) is 0 Å². The summed E-state index contributed by atoms with van der Waals surface area (Å²) in [6, 6.07) is 0. The first kappa shape index (κ1) is 16.8. The standard InChI is InChI=1S/C21H31N3O2/c22-19(25)18-17(23-20(24-18)16-4-2-1-3-5-16)12-26-21-9-13-6-14(10-21)8-15(7-13)11-21/h13-16H,1-12H2,(H2,22,25)(H,23,24). The molecule has 1 aromatic heterocycles. The van der Waals surface area contributed by atoms with Crippen molar-refractivity contribution in [3.63, 3.8) is 0 Å². The van der Waals surface area contributed by atoms with Gasteiger partial charge in [0.05, 0.1) is 17.9 Å². The number of rotatable bonds is 5. The Hall–Kier alpha value is -1.36. The van der Waals surface area contributed by atoms with Crippen LogP contribution in [0.15, 0.2) is 0 Å². The Balaban J connectivity index is 1.33. The van der Waals surface area contributed by atoms with Crippen LogP contribution in [-0.2, 0) is 11.3 Å². The molecule has 0 atom stereocenters. The molecular formula is C21H31N3O2. The zero-order valence-corrected chi connectivity index (χ0v) is 15.6. The van der Waals surface area contributed by atoms with Gasteiger partial charge in [0.1, 0.15) is 5.82 Å². The molecule has 0 aromatic carbocycles. The predicted molar refractivity (Wildman–Crippen MR) is 98.6 cm³/mol. The highest BCUT2D eigenvalue weighted by molar-refractivity contribution is 5.92. The summed E-state index contributed by atoms with van der Waals surface area (Å²) in [5, 5.41) is 0. The van der Waals surface area contributed by atoms with Crippen LogP contribution in [0.3, 0.4) is 0 Å². The Labute approximate surface area is 155 Å². The Bertz CT molecular complexity index is 654. The van der Waals surface area contributed by atoms with E-state index in [2.05, 4.69) is 9.97 Å². The summed E-state index contributed by atoms with van der Waals surface area (Å²) in [7, 11) is 0.